The first-order valence-electron chi connectivity index (χ1n) is 8.88. The summed E-state index contributed by atoms with van der Waals surface area (Å²) in [6.07, 6.45) is 2.01. The van der Waals surface area contributed by atoms with E-state index in [0.717, 1.165) is 0 Å². The highest BCUT2D eigenvalue weighted by Gasteiger charge is 2.11. The van der Waals surface area contributed by atoms with Gasteiger partial charge in [0.2, 0.25) is 0 Å². The zero-order valence-corrected chi connectivity index (χ0v) is 15.8. The molecule has 2 aromatic rings. The highest BCUT2D eigenvalue weighted by molar-refractivity contribution is 6.35. The van der Waals surface area contributed by atoms with Crippen LogP contribution in [0.5, 0.6) is 5.75 Å². The number of rotatable bonds is 8. The van der Waals surface area contributed by atoms with Crippen LogP contribution in [0.4, 0.5) is 10.1 Å². The van der Waals surface area contributed by atoms with E-state index in [1.54, 1.807) is 24.3 Å². The molecule has 29 heavy (non-hydrogen) atoms. The van der Waals surface area contributed by atoms with Gasteiger partial charge in [0, 0.05) is 17.8 Å². The van der Waals surface area contributed by atoms with Gasteiger partial charge >= 0.3 is 11.8 Å². The van der Waals surface area contributed by atoms with Crippen molar-refractivity contribution in [2.45, 2.75) is 13.3 Å². The van der Waals surface area contributed by atoms with Crippen LogP contribution in [0.15, 0.2) is 53.6 Å². The van der Waals surface area contributed by atoms with E-state index in [0.29, 0.717) is 30.0 Å². The molecule has 0 fully saturated rings. The van der Waals surface area contributed by atoms with Gasteiger partial charge in [0.25, 0.3) is 5.91 Å². The summed E-state index contributed by atoms with van der Waals surface area (Å²) in [6.45, 7) is 1.98. The lowest BCUT2D eigenvalue weighted by Crippen LogP contribution is -2.38. The van der Waals surface area contributed by atoms with E-state index in [9.17, 15) is 18.8 Å². The minimum absolute atomic E-state index is 0.284. The molecule has 0 unspecified atom stereocenters. The van der Waals surface area contributed by atoms with Crippen molar-refractivity contribution in [3.63, 3.8) is 0 Å². The van der Waals surface area contributed by atoms with E-state index in [-0.39, 0.29) is 6.61 Å². The number of hydrogen-bond donors (Lipinski definition) is 3. The van der Waals surface area contributed by atoms with E-state index in [1.165, 1.54) is 30.5 Å². The van der Waals surface area contributed by atoms with Gasteiger partial charge in [-0.2, -0.15) is 5.10 Å². The summed E-state index contributed by atoms with van der Waals surface area (Å²) in [7, 11) is 0. The number of para-hydroxylation sites is 1. The van der Waals surface area contributed by atoms with Gasteiger partial charge in [-0.3, -0.25) is 14.4 Å². The fourth-order valence-electron chi connectivity index (χ4n) is 2.12. The van der Waals surface area contributed by atoms with E-state index in [2.05, 4.69) is 21.2 Å². The maximum Gasteiger partial charge on any atom is 0.329 e. The zero-order valence-electron chi connectivity index (χ0n) is 15.8. The number of carbonyl (C=O) groups excluding carboxylic acids is 3. The molecule has 152 valence electrons. The molecule has 0 saturated carbocycles. The third-order valence-corrected chi connectivity index (χ3v) is 3.52. The minimum atomic E-state index is -0.883. The number of benzene rings is 2. The van der Waals surface area contributed by atoms with Gasteiger partial charge < -0.3 is 15.4 Å². The molecule has 0 aliphatic rings. The van der Waals surface area contributed by atoms with Crippen LogP contribution >= 0.6 is 0 Å². The average Bonchev–Trinajstić information content (AvgIpc) is 2.72. The third-order valence-electron chi connectivity index (χ3n) is 3.52. The number of amides is 3. The lowest BCUT2D eigenvalue weighted by Gasteiger charge is -2.09. The Labute approximate surface area is 167 Å². The number of anilines is 1. The van der Waals surface area contributed by atoms with Gasteiger partial charge in [-0.05, 0) is 42.8 Å². The predicted molar refractivity (Wildman–Crippen MR) is 106 cm³/mol. The molecule has 0 bridgehead atoms. The monoisotopic (exact) mass is 400 g/mol. The van der Waals surface area contributed by atoms with Crippen molar-refractivity contribution < 1.29 is 23.5 Å². The third kappa shape index (κ3) is 7.41. The van der Waals surface area contributed by atoms with Crippen LogP contribution in [0.25, 0.3) is 0 Å². The molecule has 3 amide bonds. The SMILES string of the molecule is CCCNC(=O)C(=O)N/N=C\c1ccccc1OCC(=O)Nc1ccc(F)cc1. The molecule has 0 atom stereocenters. The molecule has 8 nitrogen and oxygen atoms in total. The van der Waals surface area contributed by atoms with Gasteiger partial charge in [0.1, 0.15) is 11.6 Å². The topological polar surface area (TPSA) is 109 Å². The number of carbonyl (C=O) groups is 3. The second kappa shape index (κ2) is 11.2. The first kappa shape index (κ1) is 21.5. The van der Waals surface area contributed by atoms with Crippen molar-refractivity contribution in [2.75, 3.05) is 18.5 Å². The number of ether oxygens (including phenoxy) is 1. The lowest BCUT2D eigenvalue weighted by atomic mass is 10.2. The molecule has 2 rings (SSSR count). The summed E-state index contributed by atoms with van der Waals surface area (Å²) in [4.78, 5) is 35.0. The predicted octanol–water partition coefficient (Wildman–Crippen LogP) is 1.82. The number of halogens is 1. The summed E-state index contributed by atoms with van der Waals surface area (Å²) in [5, 5.41) is 8.75. The molecule has 0 saturated heterocycles. The standard InChI is InChI=1S/C20H21FN4O4/c1-2-11-22-19(27)20(28)25-23-12-14-5-3-4-6-17(14)29-13-18(26)24-16-9-7-15(21)8-10-16/h3-10,12H,2,11,13H2,1H3,(H,22,27)(H,24,26)(H,25,28)/b23-12-. The molecule has 3 N–H and O–H groups in total. The number of hydrazone groups is 1. The van der Waals surface area contributed by atoms with Gasteiger partial charge in [0.15, 0.2) is 6.61 Å². The van der Waals surface area contributed by atoms with E-state index in [4.69, 9.17) is 4.74 Å². The zero-order chi connectivity index (χ0) is 21.1. The molecule has 0 heterocycles. The first-order valence-corrected chi connectivity index (χ1v) is 8.88. The molecule has 0 aliphatic heterocycles. The summed E-state index contributed by atoms with van der Waals surface area (Å²) in [5.74, 6) is -2.13. The Morgan fingerprint density at radius 2 is 1.79 bits per heavy atom. The molecule has 0 radical (unpaired) electrons. The second-order valence-corrected chi connectivity index (χ2v) is 5.84. The fourth-order valence-corrected chi connectivity index (χ4v) is 2.12. The van der Waals surface area contributed by atoms with Crippen molar-refractivity contribution in [1.82, 2.24) is 10.7 Å². The Morgan fingerprint density at radius 3 is 2.52 bits per heavy atom. The summed E-state index contributed by atoms with van der Waals surface area (Å²) < 4.78 is 18.4. The number of nitrogens with one attached hydrogen (secondary N) is 3. The van der Waals surface area contributed by atoms with Crippen LogP contribution in [0.1, 0.15) is 18.9 Å². The lowest BCUT2D eigenvalue weighted by molar-refractivity contribution is -0.139. The quantitative estimate of drug-likeness (QED) is 0.357. The van der Waals surface area contributed by atoms with Crippen molar-refractivity contribution in [2.24, 2.45) is 5.10 Å². The van der Waals surface area contributed by atoms with Gasteiger partial charge in [-0.15, -0.1) is 0 Å². The first-order chi connectivity index (χ1) is 14.0. The van der Waals surface area contributed by atoms with E-state index in [1.807, 2.05) is 6.92 Å². The van der Waals surface area contributed by atoms with Crippen LogP contribution in [0.2, 0.25) is 0 Å². The number of nitrogens with zero attached hydrogens (tertiary/aromatic N) is 1. The largest absolute Gasteiger partial charge is 0.483 e. The Kier molecular flexibility index (Phi) is 8.30. The van der Waals surface area contributed by atoms with Crippen molar-refractivity contribution >= 4 is 29.6 Å². The van der Waals surface area contributed by atoms with Gasteiger partial charge in [0.05, 0.1) is 6.21 Å². The Hall–Kier alpha value is -3.75. The Morgan fingerprint density at radius 1 is 1.07 bits per heavy atom. The molecular formula is C20H21FN4O4. The van der Waals surface area contributed by atoms with Crippen LogP contribution in [-0.4, -0.2) is 37.1 Å². The highest BCUT2D eigenvalue weighted by atomic mass is 19.1. The molecular weight excluding hydrogens is 379 g/mol. The average molecular weight is 400 g/mol. The van der Waals surface area contributed by atoms with E-state index < -0.39 is 23.5 Å². The van der Waals surface area contributed by atoms with Crippen molar-refractivity contribution in [3.8, 4) is 5.75 Å². The number of hydrogen-bond acceptors (Lipinski definition) is 5. The van der Waals surface area contributed by atoms with Gasteiger partial charge in [-0.25, -0.2) is 9.82 Å². The summed E-state index contributed by atoms with van der Waals surface area (Å²) in [6, 6.07) is 12.1. The van der Waals surface area contributed by atoms with Crippen LogP contribution in [-0.2, 0) is 14.4 Å². The van der Waals surface area contributed by atoms with Crippen LogP contribution < -0.4 is 20.8 Å². The minimum Gasteiger partial charge on any atom is -0.483 e. The van der Waals surface area contributed by atoms with Gasteiger partial charge in [-0.1, -0.05) is 19.1 Å². The normalized spacial score (nSPS) is 10.4. The van der Waals surface area contributed by atoms with Crippen LogP contribution in [0.3, 0.4) is 0 Å². The molecule has 0 spiro atoms. The fraction of sp³-hybridized carbons (Fsp3) is 0.200. The van der Waals surface area contributed by atoms with Crippen molar-refractivity contribution in [1.29, 1.82) is 0 Å². The second-order valence-electron chi connectivity index (χ2n) is 5.84. The Balaban J connectivity index is 1.89. The maximum atomic E-state index is 12.9. The molecule has 2 aromatic carbocycles. The van der Waals surface area contributed by atoms with E-state index >= 15 is 0 Å². The maximum absolute atomic E-state index is 12.9. The Bertz CT molecular complexity index is 884. The smallest absolute Gasteiger partial charge is 0.329 e. The molecule has 9 heteroatoms. The summed E-state index contributed by atoms with van der Waals surface area (Å²) >= 11 is 0. The summed E-state index contributed by atoms with van der Waals surface area (Å²) in [5.41, 5.74) is 3.06. The van der Waals surface area contributed by atoms with Crippen molar-refractivity contribution in [3.05, 3.63) is 59.9 Å². The molecule has 0 aliphatic carbocycles. The van der Waals surface area contributed by atoms with Crippen LogP contribution in [0, 0.1) is 5.82 Å². The molecule has 0 aromatic heterocycles. The highest BCUT2D eigenvalue weighted by Crippen LogP contribution is 2.16.